The Morgan fingerprint density at radius 2 is 1.80 bits per heavy atom. The summed E-state index contributed by atoms with van der Waals surface area (Å²) in [4.78, 5) is 14.2. The van der Waals surface area contributed by atoms with Crippen LogP contribution in [-0.4, -0.2) is 32.3 Å². The van der Waals surface area contributed by atoms with Crippen LogP contribution in [0.3, 0.4) is 0 Å². The molecule has 0 bridgehead atoms. The third kappa shape index (κ3) is 5.04. The Labute approximate surface area is 153 Å². The molecule has 0 saturated heterocycles. The molecule has 0 aliphatic rings. The van der Waals surface area contributed by atoms with E-state index in [2.05, 4.69) is 4.72 Å². The second-order valence-corrected chi connectivity index (χ2v) is 8.19. The first kappa shape index (κ1) is 19.4. The molecule has 0 spiro atoms. The molecule has 134 valence electrons. The first-order valence-electron chi connectivity index (χ1n) is 7.82. The van der Waals surface area contributed by atoms with Crippen molar-refractivity contribution in [1.29, 1.82) is 0 Å². The van der Waals surface area contributed by atoms with E-state index >= 15 is 0 Å². The Hall–Kier alpha value is -1.89. The molecule has 0 aromatic heterocycles. The fourth-order valence-electron chi connectivity index (χ4n) is 2.35. The van der Waals surface area contributed by atoms with Crippen molar-refractivity contribution in [2.75, 3.05) is 7.05 Å². The molecule has 5 nitrogen and oxygen atoms in total. The molecule has 0 aliphatic carbocycles. The highest BCUT2D eigenvalue weighted by Gasteiger charge is 2.21. The van der Waals surface area contributed by atoms with Gasteiger partial charge in [0.1, 0.15) is 0 Å². The molecule has 1 amide bonds. The number of nitrogens with zero attached hydrogens (tertiary/aromatic N) is 1. The quantitative estimate of drug-likeness (QED) is 0.836. The molecule has 0 fully saturated rings. The van der Waals surface area contributed by atoms with E-state index in [-0.39, 0.29) is 27.4 Å². The number of hydrogen-bond acceptors (Lipinski definition) is 3. The minimum absolute atomic E-state index is 0.0158. The van der Waals surface area contributed by atoms with Crippen molar-refractivity contribution in [2.45, 2.75) is 31.3 Å². The molecule has 0 saturated carbocycles. The van der Waals surface area contributed by atoms with E-state index in [4.69, 9.17) is 11.6 Å². The molecular formula is C18H21ClN2O3S. The molecule has 0 radical (unpaired) electrons. The molecule has 0 unspecified atom stereocenters. The number of nitrogens with one attached hydrogen (secondary N) is 1. The van der Waals surface area contributed by atoms with Crippen molar-refractivity contribution in [1.82, 2.24) is 9.62 Å². The van der Waals surface area contributed by atoms with E-state index < -0.39 is 10.0 Å². The SMILES string of the molecule is CC(C)NS(=O)(=O)c1ccc(Cl)c(C(=O)N(C)Cc2ccccc2)c1. The summed E-state index contributed by atoms with van der Waals surface area (Å²) in [6, 6.07) is 13.4. The summed E-state index contributed by atoms with van der Waals surface area (Å²) in [5.74, 6) is -0.338. The van der Waals surface area contributed by atoms with Crippen LogP contribution in [0.1, 0.15) is 29.8 Å². The van der Waals surface area contributed by atoms with E-state index in [1.54, 1.807) is 20.9 Å². The molecule has 1 N–H and O–H groups in total. The van der Waals surface area contributed by atoms with Gasteiger partial charge in [0.15, 0.2) is 0 Å². The number of rotatable bonds is 6. The molecule has 0 aliphatic heterocycles. The van der Waals surface area contributed by atoms with Crippen LogP contribution in [0.2, 0.25) is 5.02 Å². The summed E-state index contributed by atoms with van der Waals surface area (Å²) in [6.45, 7) is 3.86. The minimum atomic E-state index is -3.70. The second kappa shape index (κ2) is 7.99. The third-order valence-electron chi connectivity index (χ3n) is 3.48. The number of benzene rings is 2. The second-order valence-electron chi connectivity index (χ2n) is 6.06. The highest BCUT2D eigenvalue weighted by Crippen LogP contribution is 2.22. The third-order valence-corrected chi connectivity index (χ3v) is 5.46. The Bertz CT molecular complexity index is 852. The van der Waals surface area contributed by atoms with Crippen LogP contribution >= 0.6 is 11.6 Å². The topological polar surface area (TPSA) is 66.5 Å². The molecule has 2 aromatic carbocycles. The van der Waals surface area contributed by atoms with Crippen LogP contribution < -0.4 is 4.72 Å². The van der Waals surface area contributed by atoms with Crippen molar-refractivity contribution in [2.24, 2.45) is 0 Å². The van der Waals surface area contributed by atoms with Gasteiger partial charge in [-0.2, -0.15) is 0 Å². The fourth-order valence-corrected chi connectivity index (χ4v) is 3.82. The molecule has 7 heteroatoms. The lowest BCUT2D eigenvalue weighted by atomic mass is 10.1. The largest absolute Gasteiger partial charge is 0.337 e. The lowest BCUT2D eigenvalue weighted by Gasteiger charge is -2.19. The Balaban J connectivity index is 2.29. The van der Waals surface area contributed by atoms with Crippen molar-refractivity contribution in [3.05, 3.63) is 64.7 Å². The molecule has 0 heterocycles. The summed E-state index contributed by atoms with van der Waals surface area (Å²) in [5.41, 5.74) is 1.13. The lowest BCUT2D eigenvalue weighted by Crippen LogP contribution is -2.31. The van der Waals surface area contributed by atoms with Gasteiger partial charge >= 0.3 is 0 Å². The van der Waals surface area contributed by atoms with Crippen molar-refractivity contribution in [3.63, 3.8) is 0 Å². The van der Waals surface area contributed by atoms with Crippen LogP contribution in [0.15, 0.2) is 53.4 Å². The Morgan fingerprint density at radius 1 is 1.16 bits per heavy atom. The van der Waals surface area contributed by atoms with Gasteiger partial charge < -0.3 is 4.90 Å². The number of carbonyl (C=O) groups is 1. The van der Waals surface area contributed by atoms with E-state index in [9.17, 15) is 13.2 Å². The molecule has 2 rings (SSSR count). The van der Waals surface area contributed by atoms with Gasteiger partial charge in [-0.1, -0.05) is 41.9 Å². The van der Waals surface area contributed by atoms with Gasteiger partial charge in [0.05, 0.1) is 15.5 Å². The summed E-state index contributed by atoms with van der Waals surface area (Å²) < 4.78 is 27.1. The number of carbonyl (C=O) groups excluding carboxylic acids is 1. The van der Waals surface area contributed by atoms with Gasteiger partial charge in [-0.15, -0.1) is 0 Å². The monoisotopic (exact) mass is 380 g/mol. The predicted octanol–water partition coefficient (Wildman–Crippen LogP) is 3.30. The van der Waals surface area contributed by atoms with Crippen LogP contribution in [0, 0.1) is 0 Å². The normalized spacial score (nSPS) is 11.6. The molecular weight excluding hydrogens is 360 g/mol. The van der Waals surface area contributed by atoms with Crippen molar-refractivity contribution < 1.29 is 13.2 Å². The maximum absolute atomic E-state index is 12.7. The summed E-state index contributed by atoms with van der Waals surface area (Å²) in [6.07, 6.45) is 0. The zero-order chi connectivity index (χ0) is 18.6. The first-order chi connectivity index (χ1) is 11.7. The minimum Gasteiger partial charge on any atom is -0.337 e. The zero-order valence-electron chi connectivity index (χ0n) is 14.4. The van der Waals surface area contributed by atoms with Crippen molar-refractivity contribution >= 4 is 27.5 Å². The highest BCUT2D eigenvalue weighted by molar-refractivity contribution is 7.89. The van der Waals surface area contributed by atoms with E-state index in [1.807, 2.05) is 30.3 Å². The predicted molar refractivity (Wildman–Crippen MR) is 99.1 cm³/mol. The average Bonchev–Trinajstić information content (AvgIpc) is 2.54. The van der Waals surface area contributed by atoms with E-state index in [0.717, 1.165) is 5.56 Å². The Morgan fingerprint density at radius 3 is 2.40 bits per heavy atom. The van der Waals surface area contributed by atoms with Crippen LogP contribution in [0.25, 0.3) is 0 Å². The number of sulfonamides is 1. The fraction of sp³-hybridized carbons (Fsp3) is 0.278. The Kier molecular flexibility index (Phi) is 6.21. The highest BCUT2D eigenvalue weighted by atomic mass is 35.5. The number of halogens is 1. The van der Waals surface area contributed by atoms with Crippen LogP contribution in [0.4, 0.5) is 0 Å². The van der Waals surface area contributed by atoms with Crippen LogP contribution in [0.5, 0.6) is 0 Å². The number of hydrogen-bond donors (Lipinski definition) is 1. The summed E-state index contributed by atoms with van der Waals surface area (Å²) in [7, 11) is -2.04. The molecule has 0 atom stereocenters. The van der Waals surface area contributed by atoms with Gasteiger partial charge in [0.25, 0.3) is 5.91 Å². The van der Waals surface area contributed by atoms with Crippen molar-refractivity contribution in [3.8, 4) is 0 Å². The van der Waals surface area contributed by atoms with Gasteiger partial charge in [-0.25, -0.2) is 13.1 Å². The maximum Gasteiger partial charge on any atom is 0.255 e. The molecule has 2 aromatic rings. The van der Waals surface area contributed by atoms with E-state index in [0.29, 0.717) is 6.54 Å². The molecule has 25 heavy (non-hydrogen) atoms. The number of amides is 1. The smallest absolute Gasteiger partial charge is 0.255 e. The van der Waals surface area contributed by atoms with Gasteiger partial charge in [-0.05, 0) is 37.6 Å². The lowest BCUT2D eigenvalue weighted by molar-refractivity contribution is 0.0785. The summed E-state index contributed by atoms with van der Waals surface area (Å²) >= 11 is 6.13. The van der Waals surface area contributed by atoms with Crippen LogP contribution in [-0.2, 0) is 16.6 Å². The van der Waals surface area contributed by atoms with Gasteiger partial charge in [0.2, 0.25) is 10.0 Å². The average molecular weight is 381 g/mol. The van der Waals surface area contributed by atoms with Gasteiger partial charge in [0, 0.05) is 19.6 Å². The van der Waals surface area contributed by atoms with Gasteiger partial charge in [-0.3, -0.25) is 4.79 Å². The zero-order valence-corrected chi connectivity index (χ0v) is 15.9. The summed E-state index contributed by atoms with van der Waals surface area (Å²) in [5, 5.41) is 0.216. The standard InChI is InChI=1S/C18H21ClN2O3S/c1-13(2)20-25(23,24)15-9-10-17(19)16(11-15)18(22)21(3)12-14-7-5-4-6-8-14/h4-11,13,20H,12H2,1-3H3. The first-order valence-corrected chi connectivity index (χ1v) is 9.68. The van der Waals surface area contributed by atoms with E-state index in [1.165, 1.54) is 23.1 Å². The maximum atomic E-state index is 12.7.